The zero-order valence-corrected chi connectivity index (χ0v) is 61.2. The lowest BCUT2D eigenvalue weighted by Crippen LogP contribution is -2.38. The third-order valence-electron chi connectivity index (χ3n) is 22.1. The average Bonchev–Trinajstić information content (AvgIpc) is 1.62. The number of aromatic carboxylic acids is 4. The number of rotatable bonds is 17. The van der Waals surface area contributed by atoms with Gasteiger partial charge in [0.05, 0.1) is 125 Å². The van der Waals surface area contributed by atoms with Gasteiger partial charge in [0.2, 0.25) is 0 Å². The van der Waals surface area contributed by atoms with Crippen LogP contribution in [0, 0.1) is 84.4 Å². The Balaban J connectivity index is 0.000000131. The molecule has 33 heteroatoms. The van der Waals surface area contributed by atoms with Crippen LogP contribution in [0.2, 0.25) is 5.02 Å². The number of carboxylic acids is 4. The van der Waals surface area contributed by atoms with Gasteiger partial charge in [-0.1, -0.05) is 128 Å². The summed E-state index contributed by atoms with van der Waals surface area (Å²) < 4.78 is 0. The lowest BCUT2D eigenvalue weighted by molar-refractivity contribution is -0.387. The van der Waals surface area contributed by atoms with Gasteiger partial charge in [0.15, 0.2) is 0 Å². The number of nitro benzene ring substituents is 6. The van der Waals surface area contributed by atoms with Crippen LogP contribution in [0.3, 0.4) is 0 Å². The summed E-state index contributed by atoms with van der Waals surface area (Å²) >= 11 is 14.2. The van der Waals surface area contributed by atoms with Gasteiger partial charge in [0, 0.05) is 82.5 Å². The SMILES string of the molecule is CCCC1Nc2c(C(=O)O)ccc([N+](=O)[O-])c2C2C(Cl)C(Sc3ccccc3[N+](=O)[O-])CC12.O=C(O)c1ccc([N+](=O)[O-])c2c1NC(c1ccc(Cl)cc1)C1CC=CC21.O=C(O)c1ccc([N+](=O)[O-])c2c1NC(c1ccc([N+](=O)[O-])cc1)C1CC=CC21.O=C(O)c1ccc([N+](=O)[O-])c2c1NC(c1ccccc1)C1CC=CC21. The first-order valence-electron chi connectivity index (χ1n) is 35.5. The fourth-order valence-electron chi connectivity index (χ4n) is 17.3. The highest BCUT2D eigenvalue weighted by Gasteiger charge is 2.54. The molecule has 0 spiro atoms. The van der Waals surface area contributed by atoms with Gasteiger partial charge in [-0.3, -0.25) is 60.7 Å². The van der Waals surface area contributed by atoms with Crippen molar-refractivity contribution in [2.24, 2.45) is 23.7 Å². The summed E-state index contributed by atoms with van der Waals surface area (Å²) in [7, 11) is 0. The number of para-hydroxylation sites is 1. The first kappa shape index (κ1) is 77.5. The second kappa shape index (κ2) is 32.1. The molecule has 112 heavy (non-hydrogen) atoms. The molecule has 0 bridgehead atoms. The fourth-order valence-corrected chi connectivity index (χ4v) is 19.4. The van der Waals surface area contributed by atoms with Crippen LogP contribution in [0.15, 0.2) is 193 Å². The molecule has 1 fully saturated rings. The predicted molar refractivity (Wildman–Crippen MR) is 416 cm³/mol. The molecule has 0 aromatic heterocycles. The van der Waals surface area contributed by atoms with Crippen molar-refractivity contribution in [2.45, 2.75) is 109 Å². The molecule has 30 nitrogen and oxygen atoms in total. The number of nitro groups is 6. The van der Waals surface area contributed by atoms with E-state index in [9.17, 15) is 100 Å². The van der Waals surface area contributed by atoms with Crippen molar-refractivity contribution in [3.05, 3.63) is 315 Å². The summed E-state index contributed by atoms with van der Waals surface area (Å²) in [5.41, 5.74) is 5.28. The van der Waals surface area contributed by atoms with Crippen molar-refractivity contribution in [2.75, 3.05) is 21.3 Å². The molecule has 14 unspecified atom stereocenters. The van der Waals surface area contributed by atoms with Gasteiger partial charge in [0.1, 0.15) is 0 Å². The Bertz CT molecular complexity index is 5290. The Morgan fingerprint density at radius 3 is 1.16 bits per heavy atom. The van der Waals surface area contributed by atoms with Crippen LogP contribution in [0.5, 0.6) is 0 Å². The van der Waals surface area contributed by atoms with E-state index in [1.807, 2.05) is 85.8 Å². The van der Waals surface area contributed by atoms with Gasteiger partial charge >= 0.3 is 23.9 Å². The third kappa shape index (κ3) is 14.8. The average molecular weight is 1580 g/mol. The van der Waals surface area contributed by atoms with Gasteiger partial charge in [-0.2, -0.15) is 0 Å². The predicted octanol–water partition coefficient (Wildman–Crippen LogP) is 18.6. The fraction of sp³-hybridized carbons (Fsp3) is 0.266. The maximum Gasteiger partial charge on any atom is 0.337 e. The zero-order chi connectivity index (χ0) is 79.8. The number of nitrogens with zero attached hydrogens (tertiary/aromatic N) is 6. The lowest BCUT2D eigenvalue weighted by Gasteiger charge is -2.38. The van der Waals surface area contributed by atoms with E-state index < -0.39 is 64.7 Å². The number of fused-ring (bicyclic) bond motifs is 12. The number of allylic oxidation sites excluding steroid dienone is 6. The minimum atomic E-state index is -1.18. The second-order valence-corrected chi connectivity index (χ2v) is 30.2. The van der Waals surface area contributed by atoms with E-state index in [2.05, 4.69) is 21.3 Å². The van der Waals surface area contributed by atoms with E-state index in [1.165, 1.54) is 78.5 Å². The molecule has 14 atom stereocenters. The van der Waals surface area contributed by atoms with Crippen molar-refractivity contribution in [1.82, 2.24) is 0 Å². The number of halogens is 2. The summed E-state index contributed by atoms with van der Waals surface area (Å²) in [5.74, 6) is -5.60. The third-order valence-corrected chi connectivity index (χ3v) is 24.4. The first-order chi connectivity index (χ1) is 53.7. The van der Waals surface area contributed by atoms with E-state index in [1.54, 1.807) is 42.5 Å². The Morgan fingerprint density at radius 2 is 0.786 bits per heavy atom. The largest absolute Gasteiger partial charge is 0.478 e. The van der Waals surface area contributed by atoms with Crippen LogP contribution >= 0.6 is 35.0 Å². The van der Waals surface area contributed by atoms with Crippen LogP contribution in [0.1, 0.15) is 168 Å². The second-order valence-electron chi connectivity index (χ2n) is 28.0. The lowest BCUT2D eigenvalue weighted by atomic mass is 9.75. The summed E-state index contributed by atoms with van der Waals surface area (Å²) in [6, 6.07) is 39.2. The van der Waals surface area contributed by atoms with E-state index in [0.29, 0.717) is 56.4 Å². The summed E-state index contributed by atoms with van der Waals surface area (Å²) in [5, 5.41) is 120. The number of hydrogen-bond acceptors (Lipinski definition) is 21. The number of non-ortho nitro benzene ring substituents is 1. The molecule has 8 aromatic carbocycles. The molecule has 1 saturated carbocycles. The normalized spacial score (nSPS) is 23.6. The molecule has 8 N–H and O–H groups in total. The molecule has 4 aliphatic carbocycles. The number of nitrogens with one attached hydrogen (secondary N) is 4. The minimum Gasteiger partial charge on any atom is -0.478 e. The monoisotopic (exact) mass is 1580 g/mol. The van der Waals surface area contributed by atoms with Crippen molar-refractivity contribution < 1.29 is 69.1 Å². The minimum absolute atomic E-state index is 0.0102. The first-order valence-corrected chi connectivity index (χ1v) is 37.2. The molecule has 4 aliphatic heterocycles. The van der Waals surface area contributed by atoms with Crippen molar-refractivity contribution in [3.63, 3.8) is 0 Å². The standard InChI is InChI=1S/C22H22ClN3O6S.C19H15ClN2O4.C19H15N3O6.C19H16N2O4/c1-2-5-13-12-10-17(33-16-7-4-3-6-14(16)25(29)30)20(23)18(12)19-15(26(31)32)9-8-11(22(27)28)21(19)24-13;20-11-6-4-10(5-7-11)17-13-3-1-2-12(13)16-15(22(25)26)9-8-14(19(23)24)18(16)21-17;23-19(24)14-8-9-15(22(27)28)16-12-2-1-3-13(12)17(20-18(14)16)10-4-6-11(7-5-10)21(25)26;22-19(23)14-9-10-15(21(24)25)16-12-7-4-8-13(12)17(20-18(14)16)11-5-2-1-3-6-11/h3-4,6-9,12-13,17-18,20,24H,2,5,10H2,1H3,(H,27,28);1-2,4-9,12-13,17,21H,3H2,(H,23,24);1-2,4-9,12-13,17,20H,3H2,(H,23,24);1-7,9-10,12-13,17,20H,8H2,(H,22,23). The van der Waals surface area contributed by atoms with E-state index in [0.717, 1.165) is 42.4 Å². The molecule has 16 rings (SSSR count). The van der Waals surface area contributed by atoms with Crippen molar-refractivity contribution in [3.8, 4) is 0 Å². The number of hydrogen-bond donors (Lipinski definition) is 8. The van der Waals surface area contributed by atoms with E-state index >= 15 is 0 Å². The molecule has 0 saturated heterocycles. The molecule has 0 radical (unpaired) electrons. The highest BCUT2D eigenvalue weighted by Crippen LogP contribution is 2.60. The number of carboxylic acid groups (broad SMARTS) is 4. The summed E-state index contributed by atoms with van der Waals surface area (Å²) in [6.45, 7) is 2.02. The Morgan fingerprint density at radius 1 is 0.429 bits per heavy atom. The molecule has 8 aliphatic rings. The van der Waals surface area contributed by atoms with Crippen LogP contribution in [0.25, 0.3) is 0 Å². The Hall–Kier alpha value is -12.6. The van der Waals surface area contributed by atoms with Crippen LogP contribution in [-0.4, -0.2) is 90.5 Å². The number of alkyl halides is 1. The number of anilines is 4. The molecule has 574 valence electrons. The number of carbonyl (C=O) groups is 4. The Kier molecular flexibility index (Phi) is 22.3. The maximum atomic E-state index is 11.9. The van der Waals surface area contributed by atoms with Gasteiger partial charge < -0.3 is 41.7 Å². The Labute approximate surface area is 650 Å². The molecular formula is C79H68Cl2N10O20S. The number of thioether (sulfide) groups is 1. The number of benzene rings is 8. The molecule has 8 aromatic rings. The summed E-state index contributed by atoms with van der Waals surface area (Å²) in [4.78, 5) is 113. The molecular weight excluding hydrogens is 1510 g/mol. The van der Waals surface area contributed by atoms with Gasteiger partial charge in [-0.05, 0) is 115 Å². The highest BCUT2D eigenvalue weighted by atomic mass is 35.5. The topological polar surface area (TPSA) is 456 Å². The quantitative estimate of drug-likeness (QED) is 0.0182. The smallest absolute Gasteiger partial charge is 0.337 e. The van der Waals surface area contributed by atoms with Gasteiger partial charge in [0.25, 0.3) is 34.1 Å². The molecule has 4 heterocycles. The van der Waals surface area contributed by atoms with Gasteiger partial charge in [-0.25, -0.2) is 19.2 Å². The van der Waals surface area contributed by atoms with Crippen molar-refractivity contribution >= 4 is 116 Å². The van der Waals surface area contributed by atoms with Crippen LogP contribution in [0.4, 0.5) is 56.9 Å². The van der Waals surface area contributed by atoms with Crippen LogP contribution in [-0.2, 0) is 0 Å². The van der Waals surface area contributed by atoms with Gasteiger partial charge in [-0.15, -0.1) is 23.4 Å². The van der Waals surface area contributed by atoms with Crippen LogP contribution < -0.4 is 21.3 Å². The van der Waals surface area contributed by atoms with E-state index in [-0.39, 0.29) is 139 Å². The molecule has 0 amide bonds. The zero-order valence-electron chi connectivity index (χ0n) is 58.9. The highest BCUT2D eigenvalue weighted by molar-refractivity contribution is 8.00. The maximum absolute atomic E-state index is 11.9. The summed E-state index contributed by atoms with van der Waals surface area (Å²) in [6.07, 6.45) is 16.2. The van der Waals surface area contributed by atoms with Crippen molar-refractivity contribution in [1.29, 1.82) is 0 Å². The van der Waals surface area contributed by atoms with E-state index in [4.69, 9.17) is 23.2 Å².